The molecule has 11 heteroatoms. The zero-order valence-corrected chi connectivity index (χ0v) is 17.1. The van der Waals surface area contributed by atoms with Crippen molar-refractivity contribution in [3.05, 3.63) is 77.6 Å². The van der Waals surface area contributed by atoms with E-state index in [0.717, 1.165) is 22.5 Å². The van der Waals surface area contributed by atoms with E-state index in [-0.39, 0.29) is 12.4 Å². The third-order valence-corrected chi connectivity index (χ3v) is 6.00. The number of amides is 1. The minimum Gasteiger partial charge on any atom is -0.360 e. The number of aryl methyl sites for hydroxylation is 1. The van der Waals surface area contributed by atoms with Gasteiger partial charge in [0.05, 0.1) is 17.0 Å². The molecule has 0 saturated heterocycles. The van der Waals surface area contributed by atoms with Crippen molar-refractivity contribution >= 4 is 21.7 Å². The Morgan fingerprint density at radius 2 is 1.81 bits per heavy atom. The van der Waals surface area contributed by atoms with E-state index >= 15 is 0 Å². The monoisotopic (exact) mass is 453 g/mol. The van der Waals surface area contributed by atoms with E-state index in [1.54, 1.807) is 37.3 Å². The van der Waals surface area contributed by atoms with Crippen LogP contribution in [0.2, 0.25) is 0 Å². The van der Waals surface area contributed by atoms with Gasteiger partial charge in [0.15, 0.2) is 5.82 Å². The van der Waals surface area contributed by atoms with E-state index in [1.165, 1.54) is 6.07 Å². The van der Waals surface area contributed by atoms with Crippen molar-refractivity contribution in [2.75, 3.05) is 11.9 Å². The van der Waals surface area contributed by atoms with Crippen LogP contribution >= 0.6 is 0 Å². The summed E-state index contributed by atoms with van der Waals surface area (Å²) in [5.41, 5.74) is -0.543. The maximum atomic E-state index is 13.2. The van der Waals surface area contributed by atoms with Gasteiger partial charge in [-0.1, -0.05) is 41.6 Å². The first kappa shape index (κ1) is 22.5. The number of nitrogens with one attached hydrogen (secondary N) is 1. The van der Waals surface area contributed by atoms with E-state index in [4.69, 9.17) is 4.52 Å². The number of halogens is 3. The fourth-order valence-electron chi connectivity index (χ4n) is 2.76. The number of aromatic nitrogens is 1. The minimum absolute atomic E-state index is 0.0960. The number of carbonyl (C=O) groups is 1. The Balaban J connectivity index is 1.92. The van der Waals surface area contributed by atoms with Gasteiger partial charge in [-0.25, -0.2) is 8.42 Å². The van der Waals surface area contributed by atoms with Gasteiger partial charge in [0.25, 0.3) is 0 Å². The lowest BCUT2D eigenvalue weighted by Gasteiger charge is -2.22. The molecule has 1 aromatic heterocycles. The van der Waals surface area contributed by atoms with Crippen LogP contribution in [-0.2, 0) is 27.5 Å². The van der Waals surface area contributed by atoms with Gasteiger partial charge in [-0.05, 0) is 30.7 Å². The first-order chi connectivity index (χ1) is 14.6. The Bertz CT molecular complexity index is 1160. The first-order valence-corrected chi connectivity index (χ1v) is 10.4. The second-order valence-corrected chi connectivity index (χ2v) is 8.59. The zero-order valence-electron chi connectivity index (χ0n) is 16.3. The van der Waals surface area contributed by atoms with Crippen LogP contribution in [-0.4, -0.2) is 30.3 Å². The molecule has 0 fully saturated rings. The standard InChI is InChI=1S/C20H18F3N3O4S/c1-14-10-18(25-30-14)24-19(27)13-26(12-15-6-3-2-4-7-15)31(28,29)17-9-5-8-16(11-17)20(21,22)23/h2-11H,12-13H2,1H3,(H,24,25,27). The number of hydrogen-bond donors (Lipinski definition) is 1. The van der Waals surface area contributed by atoms with E-state index in [1.807, 2.05) is 0 Å². The topological polar surface area (TPSA) is 92.5 Å². The molecule has 1 N–H and O–H groups in total. The summed E-state index contributed by atoms with van der Waals surface area (Å²) in [4.78, 5) is 11.9. The van der Waals surface area contributed by atoms with Gasteiger partial charge >= 0.3 is 6.18 Å². The molecule has 1 amide bonds. The lowest BCUT2D eigenvalue weighted by molar-refractivity contribution is -0.137. The maximum absolute atomic E-state index is 13.2. The zero-order chi connectivity index (χ0) is 22.6. The van der Waals surface area contributed by atoms with Crippen LogP contribution in [0, 0.1) is 6.92 Å². The average Bonchev–Trinajstić information content (AvgIpc) is 3.12. The van der Waals surface area contributed by atoms with E-state index in [0.29, 0.717) is 17.4 Å². The van der Waals surface area contributed by atoms with Crippen LogP contribution in [0.5, 0.6) is 0 Å². The van der Waals surface area contributed by atoms with Crippen LogP contribution in [0.3, 0.4) is 0 Å². The van der Waals surface area contributed by atoms with E-state index < -0.39 is 39.1 Å². The highest BCUT2D eigenvalue weighted by Gasteiger charge is 2.33. The normalized spacial score (nSPS) is 12.2. The molecule has 0 saturated carbocycles. The molecule has 0 atom stereocenters. The summed E-state index contributed by atoms with van der Waals surface area (Å²) in [5, 5.41) is 6.01. The molecule has 7 nitrogen and oxygen atoms in total. The summed E-state index contributed by atoms with van der Waals surface area (Å²) >= 11 is 0. The summed E-state index contributed by atoms with van der Waals surface area (Å²) in [6.45, 7) is 0.756. The molecule has 0 spiro atoms. The molecule has 3 aromatic rings. The van der Waals surface area contributed by atoms with Crippen LogP contribution in [0.25, 0.3) is 0 Å². The highest BCUT2D eigenvalue weighted by molar-refractivity contribution is 7.89. The SMILES string of the molecule is Cc1cc(NC(=O)CN(Cc2ccccc2)S(=O)(=O)c2cccc(C(F)(F)F)c2)no1. The summed E-state index contributed by atoms with van der Waals surface area (Å²) in [6, 6.07) is 13.2. The van der Waals surface area contributed by atoms with Crippen LogP contribution < -0.4 is 5.32 Å². The summed E-state index contributed by atoms with van der Waals surface area (Å²) in [7, 11) is -4.44. The number of nitrogens with zero attached hydrogens (tertiary/aromatic N) is 2. The molecule has 0 radical (unpaired) electrons. The highest BCUT2D eigenvalue weighted by Crippen LogP contribution is 2.31. The Labute approximate surface area is 176 Å². The molecule has 0 bridgehead atoms. The Hall–Kier alpha value is -3.18. The summed E-state index contributed by atoms with van der Waals surface area (Å²) in [5.74, 6) is -0.188. The fourth-order valence-corrected chi connectivity index (χ4v) is 4.19. The fraction of sp³-hybridized carbons (Fsp3) is 0.200. The Morgan fingerprint density at radius 1 is 1.10 bits per heavy atom. The molecule has 2 aromatic carbocycles. The first-order valence-electron chi connectivity index (χ1n) is 9.00. The smallest absolute Gasteiger partial charge is 0.360 e. The lowest BCUT2D eigenvalue weighted by Crippen LogP contribution is -2.37. The van der Waals surface area contributed by atoms with Crippen molar-refractivity contribution in [1.29, 1.82) is 0 Å². The van der Waals surface area contributed by atoms with Crippen LogP contribution in [0.15, 0.2) is 70.1 Å². The lowest BCUT2D eigenvalue weighted by atomic mass is 10.2. The predicted molar refractivity (Wildman–Crippen MR) is 105 cm³/mol. The molecule has 31 heavy (non-hydrogen) atoms. The molecule has 164 valence electrons. The molecule has 0 aliphatic rings. The predicted octanol–water partition coefficient (Wildman–Crippen LogP) is 3.83. The minimum atomic E-state index is -4.71. The number of anilines is 1. The molecular formula is C20H18F3N3O4S. The van der Waals surface area contributed by atoms with Crippen LogP contribution in [0.4, 0.5) is 19.0 Å². The van der Waals surface area contributed by atoms with Crippen LogP contribution in [0.1, 0.15) is 16.9 Å². The number of hydrogen-bond acceptors (Lipinski definition) is 5. The maximum Gasteiger partial charge on any atom is 0.416 e. The second-order valence-electron chi connectivity index (χ2n) is 6.66. The molecular weight excluding hydrogens is 435 g/mol. The summed E-state index contributed by atoms with van der Waals surface area (Å²) < 4.78 is 71.2. The van der Waals surface area contributed by atoms with Gasteiger partial charge in [0.1, 0.15) is 5.76 Å². The Kier molecular flexibility index (Phi) is 6.46. The second kappa shape index (κ2) is 8.90. The van der Waals surface area contributed by atoms with Crippen molar-refractivity contribution < 1.29 is 30.9 Å². The van der Waals surface area contributed by atoms with E-state index in [9.17, 15) is 26.4 Å². The average molecular weight is 453 g/mol. The molecule has 0 aliphatic heterocycles. The van der Waals surface area contributed by atoms with Gasteiger partial charge in [0.2, 0.25) is 15.9 Å². The van der Waals surface area contributed by atoms with Crippen molar-refractivity contribution in [2.24, 2.45) is 0 Å². The molecule has 1 heterocycles. The third kappa shape index (κ3) is 5.70. The quantitative estimate of drug-likeness (QED) is 0.587. The van der Waals surface area contributed by atoms with Gasteiger partial charge in [-0.2, -0.15) is 17.5 Å². The van der Waals surface area contributed by atoms with Crippen molar-refractivity contribution in [3.63, 3.8) is 0 Å². The molecule has 3 rings (SSSR count). The summed E-state index contributed by atoms with van der Waals surface area (Å²) in [6.07, 6.45) is -4.71. The van der Waals surface area contributed by atoms with Gasteiger partial charge in [0, 0.05) is 12.6 Å². The largest absolute Gasteiger partial charge is 0.416 e. The van der Waals surface area contributed by atoms with Gasteiger partial charge < -0.3 is 9.84 Å². The number of carbonyl (C=O) groups excluding carboxylic acids is 1. The van der Waals surface area contributed by atoms with E-state index in [2.05, 4.69) is 10.5 Å². The van der Waals surface area contributed by atoms with Crippen molar-refractivity contribution in [1.82, 2.24) is 9.46 Å². The molecule has 0 aliphatic carbocycles. The third-order valence-electron chi connectivity index (χ3n) is 4.22. The van der Waals surface area contributed by atoms with Crippen molar-refractivity contribution in [2.45, 2.75) is 24.5 Å². The molecule has 0 unspecified atom stereocenters. The Morgan fingerprint density at radius 3 is 2.42 bits per heavy atom. The number of alkyl halides is 3. The van der Waals surface area contributed by atoms with Crippen molar-refractivity contribution in [3.8, 4) is 0 Å². The van der Waals surface area contributed by atoms with Gasteiger partial charge in [-0.15, -0.1) is 0 Å². The number of sulfonamides is 1. The van der Waals surface area contributed by atoms with Gasteiger partial charge in [-0.3, -0.25) is 4.79 Å². The number of benzene rings is 2. The number of rotatable bonds is 7. The highest BCUT2D eigenvalue weighted by atomic mass is 32.2.